The molecule has 0 aliphatic rings. The molecule has 7 nitrogen and oxygen atoms in total. The number of rotatable bonds is 9. The summed E-state index contributed by atoms with van der Waals surface area (Å²) in [5.41, 5.74) is -0.0638. The number of hydrogen-bond acceptors (Lipinski definition) is 4. The van der Waals surface area contributed by atoms with E-state index in [9.17, 15) is 18.0 Å². The highest BCUT2D eigenvalue weighted by Gasteiger charge is 2.27. The maximum atomic E-state index is 12.0. The van der Waals surface area contributed by atoms with E-state index in [2.05, 4.69) is 5.32 Å². The van der Waals surface area contributed by atoms with Crippen LogP contribution in [0.15, 0.2) is 0 Å². The fourth-order valence-corrected chi connectivity index (χ4v) is 3.33. The van der Waals surface area contributed by atoms with Gasteiger partial charge in [-0.25, -0.2) is 17.5 Å². The Hall–Kier alpha value is -1.15. The second kappa shape index (κ2) is 8.47. The van der Waals surface area contributed by atoms with Crippen LogP contribution < -0.4 is 5.32 Å². The van der Waals surface area contributed by atoms with Gasteiger partial charge in [-0.1, -0.05) is 34.6 Å². The van der Waals surface area contributed by atoms with Crippen LogP contribution in [0.4, 0.5) is 0 Å². The molecular weight excluding hydrogens is 308 g/mol. The molecule has 0 spiro atoms. The number of nitrogens with zero attached hydrogens (tertiary/aromatic N) is 1. The van der Waals surface area contributed by atoms with E-state index < -0.39 is 33.7 Å². The minimum absolute atomic E-state index is 0.0638. The number of carbonyl (C=O) groups excluding carboxylic acids is 1. The van der Waals surface area contributed by atoms with Gasteiger partial charge in [0.1, 0.15) is 11.8 Å². The van der Waals surface area contributed by atoms with Gasteiger partial charge in [0.2, 0.25) is 15.9 Å². The van der Waals surface area contributed by atoms with Gasteiger partial charge in [0.15, 0.2) is 0 Å². The maximum Gasteiger partial charge on any atom is 0.326 e. The Morgan fingerprint density at radius 2 is 1.68 bits per heavy atom. The summed E-state index contributed by atoms with van der Waals surface area (Å²) in [6.45, 7) is 9.83. The second-order valence-electron chi connectivity index (χ2n) is 6.40. The largest absolute Gasteiger partial charge is 0.480 e. The van der Waals surface area contributed by atoms with Gasteiger partial charge in [0, 0.05) is 13.1 Å². The van der Waals surface area contributed by atoms with Crippen LogP contribution >= 0.6 is 0 Å². The molecule has 0 aliphatic heterocycles. The molecule has 0 fully saturated rings. The summed E-state index contributed by atoms with van der Waals surface area (Å²) in [6.07, 6.45) is 0.864. The molecule has 1 unspecified atom stereocenters. The monoisotopic (exact) mass is 336 g/mol. The number of sulfonamides is 1. The lowest BCUT2D eigenvalue weighted by molar-refractivity contribution is -0.141. The molecule has 0 heterocycles. The van der Waals surface area contributed by atoms with Crippen molar-refractivity contribution >= 4 is 21.9 Å². The van der Waals surface area contributed by atoms with Crippen molar-refractivity contribution in [1.29, 1.82) is 0 Å². The smallest absolute Gasteiger partial charge is 0.326 e. The highest BCUT2D eigenvalue weighted by atomic mass is 32.2. The molecule has 8 heteroatoms. The van der Waals surface area contributed by atoms with E-state index in [0.717, 1.165) is 0 Å². The molecule has 22 heavy (non-hydrogen) atoms. The Kier molecular flexibility index (Phi) is 8.03. The molecule has 0 bridgehead atoms. The van der Waals surface area contributed by atoms with Gasteiger partial charge in [0.05, 0.1) is 0 Å². The van der Waals surface area contributed by atoms with Gasteiger partial charge in [-0.3, -0.25) is 4.79 Å². The van der Waals surface area contributed by atoms with Gasteiger partial charge < -0.3 is 10.4 Å². The molecule has 0 aromatic rings. The first kappa shape index (κ1) is 20.9. The maximum absolute atomic E-state index is 12.0. The quantitative estimate of drug-likeness (QED) is 0.655. The van der Waals surface area contributed by atoms with E-state index in [1.807, 2.05) is 20.8 Å². The van der Waals surface area contributed by atoms with Crippen molar-refractivity contribution < 1.29 is 23.1 Å². The van der Waals surface area contributed by atoms with Gasteiger partial charge in [-0.05, 0) is 18.3 Å². The van der Waals surface area contributed by atoms with Crippen LogP contribution in [0.25, 0.3) is 0 Å². The zero-order valence-electron chi connectivity index (χ0n) is 14.0. The Morgan fingerprint density at radius 3 is 2.05 bits per heavy atom. The summed E-state index contributed by atoms with van der Waals surface area (Å²) < 4.78 is 25.2. The first-order valence-electron chi connectivity index (χ1n) is 7.43. The Bertz CT molecular complexity index is 478. The predicted octanol–water partition coefficient (Wildman–Crippen LogP) is 1.05. The zero-order chi connectivity index (χ0) is 17.6. The average molecular weight is 336 g/mol. The molecule has 0 saturated heterocycles. The van der Waals surface area contributed by atoms with Crippen molar-refractivity contribution in [2.45, 2.75) is 53.5 Å². The van der Waals surface area contributed by atoms with Crippen molar-refractivity contribution in [3.63, 3.8) is 0 Å². The standard InChI is InChI=1S/C14H28N2O5S/c1-6-16(7-2)22(20,21)10-12(17)15-11(13(18)19)8-9-14(3,4)5/h11H,6-10H2,1-5H3,(H,15,17)(H,18,19). The molecule has 130 valence electrons. The summed E-state index contributed by atoms with van der Waals surface area (Å²) in [7, 11) is -3.71. The lowest BCUT2D eigenvalue weighted by Crippen LogP contribution is -2.46. The van der Waals surface area contributed by atoms with E-state index in [-0.39, 0.29) is 24.9 Å². The zero-order valence-corrected chi connectivity index (χ0v) is 14.9. The Morgan fingerprint density at radius 1 is 1.18 bits per heavy atom. The van der Waals surface area contributed by atoms with E-state index in [1.165, 1.54) is 4.31 Å². The lowest BCUT2D eigenvalue weighted by atomic mass is 9.88. The molecule has 1 atom stereocenters. The van der Waals surface area contributed by atoms with Crippen molar-refractivity contribution in [1.82, 2.24) is 9.62 Å². The molecular formula is C14H28N2O5S. The number of amides is 1. The first-order valence-corrected chi connectivity index (χ1v) is 9.03. The summed E-state index contributed by atoms with van der Waals surface area (Å²) >= 11 is 0. The molecule has 1 amide bonds. The van der Waals surface area contributed by atoms with Gasteiger partial charge >= 0.3 is 5.97 Å². The predicted molar refractivity (Wildman–Crippen MR) is 85.0 cm³/mol. The van der Waals surface area contributed by atoms with E-state index in [1.54, 1.807) is 13.8 Å². The van der Waals surface area contributed by atoms with Crippen LogP contribution in [0.1, 0.15) is 47.5 Å². The third-order valence-electron chi connectivity index (χ3n) is 3.23. The highest BCUT2D eigenvalue weighted by molar-refractivity contribution is 7.89. The normalized spacial score (nSPS) is 13.9. The second-order valence-corrected chi connectivity index (χ2v) is 8.37. The van der Waals surface area contributed by atoms with Crippen LogP contribution in [0.3, 0.4) is 0 Å². The summed E-state index contributed by atoms with van der Waals surface area (Å²) in [5, 5.41) is 11.4. The molecule has 0 radical (unpaired) electrons. The van der Waals surface area contributed by atoms with Crippen molar-refractivity contribution in [2.75, 3.05) is 18.8 Å². The topological polar surface area (TPSA) is 104 Å². The van der Waals surface area contributed by atoms with Crippen molar-refractivity contribution in [3.8, 4) is 0 Å². The third kappa shape index (κ3) is 7.74. The number of aliphatic carboxylic acids is 1. The fraction of sp³-hybridized carbons (Fsp3) is 0.857. The number of carboxylic acid groups (broad SMARTS) is 1. The summed E-state index contributed by atoms with van der Waals surface area (Å²) in [4.78, 5) is 23.0. The average Bonchev–Trinajstić information content (AvgIpc) is 2.33. The minimum Gasteiger partial charge on any atom is -0.480 e. The van der Waals surface area contributed by atoms with Crippen LogP contribution in [-0.4, -0.2) is 54.6 Å². The number of carboxylic acids is 1. The number of hydrogen-bond donors (Lipinski definition) is 2. The molecule has 2 N–H and O–H groups in total. The molecule has 0 aliphatic carbocycles. The van der Waals surface area contributed by atoms with E-state index in [0.29, 0.717) is 6.42 Å². The summed E-state index contributed by atoms with van der Waals surface area (Å²) in [5.74, 6) is -2.67. The number of carbonyl (C=O) groups is 2. The van der Waals surface area contributed by atoms with Crippen LogP contribution in [0, 0.1) is 5.41 Å². The molecule has 0 aromatic carbocycles. The Balaban J connectivity index is 4.75. The minimum atomic E-state index is -3.71. The SMILES string of the molecule is CCN(CC)S(=O)(=O)CC(=O)NC(CCC(C)(C)C)C(=O)O. The van der Waals surface area contributed by atoms with Gasteiger partial charge in [0.25, 0.3) is 0 Å². The highest BCUT2D eigenvalue weighted by Crippen LogP contribution is 2.21. The molecule has 0 aromatic heterocycles. The van der Waals surface area contributed by atoms with Crippen LogP contribution in [0.5, 0.6) is 0 Å². The molecule has 0 saturated carbocycles. The van der Waals surface area contributed by atoms with Gasteiger partial charge in [-0.2, -0.15) is 0 Å². The third-order valence-corrected chi connectivity index (χ3v) is 5.16. The van der Waals surface area contributed by atoms with Crippen molar-refractivity contribution in [3.05, 3.63) is 0 Å². The molecule has 0 rings (SSSR count). The number of nitrogens with one attached hydrogen (secondary N) is 1. The lowest BCUT2D eigenvalue weighted by Gasteiger charge is -2.22. The van der Waals surface area contributed by atoms with E-state index in [4.69, 9.17) is 5.11 Å². The fourth-order valence-electron chi connectivity index (χ4n) is 1.94. The van der Waals surface area contributed by atoms with E-state index >= 15 is 0 Å². The Labute approximate surface area is 133 Å². The van der Waals surface area contributed by atoms with Gasteiger partial charge in [-0.15, -0.1) is 0 Å². The van der Waals surface area contributed by atoms with Crippen molar-refractivity contribution in [2.24, 2.45) is 5.41 Å². The van der Waals surface area contributed by atoms with Crippen LogP contribution in [-0.2, 0) is 19.6 Å². The summed E-state index contributed by atoms with van der Waals surface area (Å²) in [6, 6.07) is -1.07. The first-order chi connectivity index (χ1) is 9.92. The van der Waals surface area contributed by atoms with Crippen LogP contribution in [0.2, 0.25) is 0 Å².